The van der Waals surface area contributed by atoms with Crippen LogP contribution in [-0.2, 0) is 28.9 Å². The molecule has 0 saturated heterocycles. The Labute approximate surface area is 158 Å². The van der Waals surface area contributed by atoms with Gasteiger partial charge in [0, 0.05) is 6.42 Å². The SMILES string of the molecule is C=C[C@@H]1CC2=C(S(=O)(=O)c3ccccc3)CC(C(=O)OC)(C(=O)OC)CC21. The molecule has 0 bridgehead atoms. The predicted octanol–water partition coefficient (Wildman–Crippen LogP) is 2.66. The monoisotopic (exact) mass is 390 g/mol. The number of esters is 2. The summed E-state index contributed by atoms with van der Waals surface area (Å²) in [4.78, 5) is 25.5. The van der Waals surface area contributed by atoms with E-state index in [9.17, 15) is 18.0 Å². The summed E-state index contributed by atoms with van der Waals surface area (Å²) < 4.78 is 36.3. The summed E-state index contributed by atoms with van der Waals surface area (Å²) in [5.74, 6) is -1.79. The van der Waals surface area contributed by atoms with Gasteiger partial charge in [-0.15, -0.1) is 6.58 Å². The van der Waals surface area contributed by atoms with E-state index in [0.717, 1.165) is 5.57 Å². The summed E-state index contributed by atoms with van der Waals surface area (Å²) in [6.07, 6.45) is 2.21. The van der Waals surface area contributed by atoms with Crippen LogP contribution in [0.5, 0.6) is 0 Å². The Morgan fingerprint density at radius 2 is 1.74 bits per heavy atom. The van der Waals surface area contributed by atoms with E-state index in [1.54, 1.807) is 24.3 Å². The van der Waals surface area contributed by atoms with Crippen molar-refractivity contribution in [2.75, 3.05) is 14.2 Å². The highest BCUT2D eigenvalue weighted by atomic mass is 32.2. The van der Waals surface area contributed by atoms with Crippen LogP contribution in [0, 0.1) is 17.3 Å². The quantitative estimate of drug-likeness (QED) is 0.436. The van der Waals surface area contributed by atoms with Crippen LogP contribution in [-0.4, -0.2) is 34.6 Å². The molecule has 2 atom stereocenters. The van der Waals surface area contributed by atoms with E-state index in [-0.39, 0.29) is 34.5 Å². The first-order valence-electron chi connectivity index (χ1n) is 8.63. The second-order valence-corrected chi connectivity index (χ2v) is 8.89. The fourth-order valence-electron chi connectivity index (χ4n) is 4.12. The van der Waals surface area contributed by atoms with E-state index < -0.39 is 27.2 Å². The third kappa shape index (κ3) is 2.90. The van der Waals surface area contributed by atoms with Gasteiger partial charge >= 0.3 is 11.9 Å². The van der Waals surface area contributed by atoms with E-state index in [2.05, 4.69) is 6.58 Å². The largest absolute Gasteiger partial charge is 0.468 e. The number of rotatable bonds is 5. The average Bonchev–Trinajstić information content (AvgIpc) is 2.68. The molecule has 0 N–H and O–H groups in total. The van der Waals surface area contributed by atoms with Gasteiger partial charge < -0.3 is 9.47 Å². The lowest BCUT2D eigenvalue weighted by Crippen LogP contribution is -2.50. The van der Waals surface area contributed by atoms with Crippen molar-refractivity contribution in [2.45, 2.75) is 24.2 Å². The first-order chi connectivity index (χ1) is 12.8. The van der Waals surface area contributed by atoms with Crippen molar-refractivity contribution in [2.24, 2.45) is 17.3 Å². The lowest BCUT2D eigenvalue weighted by Gasteiger charge is -2.48. The van der Waals surface area contributed by atoms with E-state index >= 15 is 0 Å². The first-order valence-corrected chi connectivity index (χ1v) is 10.1. The number of methoxy groups -OCH3 is 2. The van der Waals surface area contributed by atoms with Crippen LogP contribution in [0.15, 0.2) is 58.4 Å². The second-order valence-electron chi connectivity index (χ2n) is 6.92. The zero-order valence-corrected chi connectivity index (χ0v) is 16.1. The van der Waals surface area contributed by atoms with Crippen LogP contribution in [0.25, 0.3) is 0 Å². The summed E-state index contributed by atoms with van der Waals surface area (Å²) in [5, 5.41) is 0. The number of hydrogen-bond acceptors (Lipinski definition) is 6. The molecule has 144 valence electrons. The predicted molar refractivity (Wildman–Crippen MR) is 98.1 cm³/mol. The third-order valence-corrected chi connectivity index (χ3v) is 7.59. The third-order valence-electron chi connectivity index (χ3n) is 5.64. The van der Waals surface area contributed by atoms with Crippen LogP contribution in [0.4, 0.5) is 0 Å². The Hall–Kier alpha value is -2.41. The van der Waals surface area contributed by atoms with E-state index in [1.165, 1.54) is 26.4 Å². The van der Waals surface area contributed by atoms with Gasteiger partial charge in [0.15, 0.2) is 5.41 Å². The minimum Gasteiger partial charge on any atom is -0.468 e. The molecule has 3 rings (SSSR count). The fourth-order valence-corrected chi connectivity index (χ4v) is 5.93. The summed E-state index contributed by atoms with van der Waals surface area (Å²) in [6, 6.07) is 8.02. The van der Waals surface area contributed by atoms with Gasteiger partial charge in [-0.05, 0) is 36.8 Å². The van der Waals surface area contributed by atoms with Gasteiger partial charge in [0.05, 0.1) is 24.0 Å². The zero-order valence-electron chi connectivity index (χ0n) is 15.3. The van der Waals surface area contributed by atoms with E-state index in [1.807, 2.05) is 0 Å². The number of fused-ring (bicyclic) bond motifs is 1. The molecule has 0 radical (unpaired) electrons. The molecule has 1 aromatic rings. The van der Waals surface area contributed by atoms with Crippen molar-refractivity contribution in [3.8, 4) is 0 Å². The minimum atomic E-state index is -3.85. The van der Waals surface area contributed by atoms with Crippen molar-refractivity contribution in [3.63, 3.8) is 0 Å². The Bertz CT molecular complexity index is 897. The number of allylic oxidation sites excluding steroid dienone is 3. The van der Waals surface area contributed by atoms with Crippen molar-refractivity contribution in [1.82, 2.24) is 0 Å². The van der Waals surface area contributed by atoms with Crippen molar-refractivity contribution in [3.05, 3.63) is 53.5 Å². The topological polar surface area (TPSA) is 86.7 Å². The lowest BCUT2D eigenvalue weighted by atomic mass is 9.57. The highest BCUT2D eigenvalue weighted by Crippen LogP contribution is 2.57. The van der Waals surface area contributed by atoms with Crippen molar-refractivity contribution >= 4 is 21.8 Å². The van der Waals surface area contributed by atoms with Gasteiger partial charge in [0.25, 0.3) is 0 Å². The lowest BCUT2D eigenvalue weighted by molar-refractivity contribution is -0.171. The van der Waals surface area contributed by atoms with E-state index in [4.69, 9.17) is 9.47 Å². The zero-order chi connectivity index (χ0) is 19.8. The summed E-state index contributed by atoms with van der Waals surface area (Å²) in [5.41, 5.74) is -0.900. The molecule has 2 aliphatic rings. The van der Waals surface area contributed by atoms with Gasteiger partial charge in [0.2, 0.25) is 9.84 Å². The molecule has 1 unspecified atom stereocenters. The standard InChI is InChI=1S/C20H22O6S/c1-4-13-10-15-16(13)11-20(18(21)25-2,19(22)26-3)12-17(15)27(23,24)14-8-6-5-7-9-14/h4-9,13,16H,1,10-12H2,2-3H3/t13-,16?/m1/s1. The number of sulfone groups is 1. The molecule has 0 heterocycles. The smallest absolute Gasteiger partial charge is 0.323 e. The van der Waals surface area contributed by atoms with Gasteiger partial charge in [-0.25, -0.2) is 8.42 Å². The number of ether oxygens (including phenoxy) is 2. The van der Waals surface area contributed by atoms with Crippen LogP contribution in [0.1, 0.15) is 19.3 Å². The molecule has 0 aliphatic heterocycles. The fraction of sp³-hybridized carbons (Fsp3) is 0.400. The Kier molecular flexibility index (Phi) is 4.99. The summed E-state index contributed by atoms with van der Waals surface area (Å²) in [7, 11) is -1.48. The van der Waals surface area contributed by atoms with Gasteiger partial charge in [0.1, 0.15) is 0 Å². The minimum absolute atomic E-state index is 0.00922. The van der Waals surface area contributed by atoms with Crippen LogP contribution in [0.3, 0.4) is 0 Å². The maximum Gasteiger partial charge on any atom is 0.323 e. The van der Waals surface area contributed by atoms with Gasteiger partial charge in [-0.3, -0.25) is 9.59 Å². The highest BCUT2D eigenvalue weighted by Gasteiger charge is 2.58. The molecule has 0 spiro atoms. The second kappa shape index (κ2) is 6.96. The van der Waals surface area contributed by atoms with Crippen LogP contribution < -0.4 is 0 Å². The molecule has 7 heteroatoms. The van der Waals surface area contributed by atoms with Gasteiger partial charge in [-0.1, -0.05) is 29.8 Å². The average molecular weight is 390 g/mol. The molecular weight excluding hydrogens is 368 g/mol. The molecule has 0 aromatic heterocycles. The molecule has 0 amide bonds. The number of carbonyl (C=O) groups excluding carboxylic acids is 2. The Morgan fingerprint density at radius 3 is 2.26 bits per heavy atom. The van der Waals surface area contributed by atoms with E-state index in [0.29, 0.717) is 6.42 Å². The maximum atomic E-state index is 13.3. The maximum absolute atomic E-state index is 13.3. The molecular formula is C20H22O6S. The van der Waals surface area contributed by atoms with Crippen molar-refractivity contribution < 1.29 is 27.5 Å². The Morgan fingerprint density at radius 1 is 1.15 bits per heavy atom. The molecule has 6 nitrogen and oxygen atoms in total. The molecule has 1 fully saturated rings. The Balaban J connectivity index is 2.17. The normalized spacial score (nSPS) is 23.6. The molecule has 27 heavy (non-hydrogen) atoms. The summed E-state index contributed by atoms with van der Waals surface area (Å²) >= 11 is 0. The summed E-state index contributed by atoms with van der Waals surface area (Å²) in [6.45, 7) is 3.79. The molecule has 2 aliphatic carbocycles. The molecule has 1 aromatic carbocycles. The van der Waals surface area contributed by atoms with Crippen molar-refractivity contribution in [1.29, 1.82) is 0 Å². The number of hydrogen-bond donors (Lipinski definition) is 0. The van der Waals surface area contributed by atoms with Crippen LogP contribution in [0.2, 0.25) is 0 Å². The highest BCUT2D eigenvalue weighted by molar-refractivity contribution is 7.95. The van der Waals surface area contributed by atoms with Gasteiger partial charge in [-0.2, -0.15) is 0 Å². The van der Waals surface area contributed by atoms with Crippen LogP contribution >= 0.6 is 0 Å². The first kappa shape index (κ1) is 19.4. The molecule has 1 saturated carbocycles. The number of benzene rings is 1. The number of carbonyl (C=O) groups is 2.